The number of nitrogens with zero attached hydrogens (tertiary/aromatic N) is 1. The fraction of sp³-hybridized carbons (Fsp3) is 0.310. The van der Waals surface area contributed by atoms with Crippen molar-refractivity contribution in [3.63, 3.8) is 0 Å². The standard InChI is InChI=1S/C29H30FNO2/c30-27-20-22(15-19-29(27)33-21-23-8-2-1-3-9-23)14-18-26(32)12-6-5-11-25-17-16-24-10-4-7-13-28(24)31-25/h1-3,8-9,14-20H,4-7,10-13,21H2/b18-14+. The first-order valence-electron chi connectivity index (χ1n) is 11.8. The van der Waals surface area contributed by atoms with E-state index in [2.05, 4.69) is 12.1 Å². The van der Waals surface area contributed by atoms with Crippen molar-refractivity contribution >= 4 is 11.9 Å². The molecule has 0 unspecified atom stereocenters. The summed E-state index contributed by atoms with van der Waals surface area (Å²) >= 11 is 0. The number of hydrogen-bond acceptors (Lipinski definition) is 3. The molecule has 0 aliphatic heterocycles. The van der Waals surface area contributed by atoms with E-state index in [-0.39, 0.29) is 11.5 Å². The number of allylic oxidation sites excluding steroid dienone is 1. The van der Waals surface area contributed by atoms with Crippen LogP contribution in [0.2, 0.25) is 0 Å². The van der Waals surface area contributed by atoms with Gasteiger partial charge in [0.15, 0.2) is 17.3 Å². The van der Waals surface area contributed by atoms with E-state index in [0.29, 0.717) is 18.6 Å². The van der Waals surface area contributed by atoms with Crippen LogP contribution in [0, 0.1) is 5.82 Å². The summed E-state index contributed by atoms with van der Waals surface area (Å²) in [5, 5.41) is 0. The van der Waals surface area contributed by atoms with Gasteiger partial charge in [0.2, 0.25) is 0 Å². The molecule has 0 spiro atoms. The summed E-state index contributed by atoms with van der Waals surface area (Å²) < 4.78 is 19.9. The molecule has 0 radical (unpaired) electrons. The number of carbonyl (C=O) groups excluding carboxylic acids is 1. The number of aromatic nitrogens is 1. The molecule has 0 amide bonds. The molecule has 1 aromatic heterocycles. The van der Waals surface area contributed by atoms with Crippen molar-refractivity contribution in [2.24, 2.45) is 0 Å². The molecule has 0 saturated carbocycles. The quantitative estimate of drug-likeness (QED) is 0.259. The average molecular weight is 444 g/mol. The minimum atomic E-state index is -0.432. The smallest absolute Gasteiger partial charge is 0.165 e. The fourth-order valence-corrected chi connectivity index (χ4v) is 4.12. The number of pyridine rings is 1. The second-order valence-electron chi connectivity index (χ2n) is 8.59. The minimum Gasteiger partial charge on any atom is -0.486 e. The molecule has 3 aromatic rings. The van der Waals surface area contributed by atoms with Crippen molar-refractivity contribution < 1.29 is 13.9 Å². The molecule has 2 aromatic carbocycles. The molecule has 4 heteroatoms. The first-order chi connectivity index (χ1) is 16.2. The maximum Gasteiger partial charge on any atom is 0.165 e. The highest BCUT2D eigenvalue weighted by molar-refractivity contribution is 5.93. The van der Waals surface area contributed by atoms with Crippen LogP contribution >= 0.6 is 0 Å². The molecule has 1 heterocycles. The van der Waals surface area contributed by atoms with Crippen molar-refractivity contribution in [3.05, 3.63) is 101 Å². The lowest BCUT2D eigenvalue weighted by molar-refractivity contribution is -0.114. The van der Waals surface area contributed by atoms with Gasteiger partial charge in [-0.25, -0.2) is 4.39 Å². The predicted octanol–water partition coefficient (Wildman–Crippen LogP) is 6.67. The van der Waals surface area contributed by atoms with Gasteiger partial charge in [0.25, 0.3) is 0 Å². The summed E-state index contributed by atoms with van der Waals surface area (Å²) in [6.07, 6.45) is 11.1. The third kappa shape index (κ3) is 6.85. The highest BCUT2D eigenvalue weighted by Crippen LogP contribution is 2.21. The molecule has 0 atom stereocenters. The number of benzene rings is 2. The van der Waals surface area contributed by atoms with Crippen molar-refractivity contribution in [3.8, 4) is 5.75 Å². The molecule has 0 fully saturated rings. The normalized spacial score (nSPS) is 13.1. The number of ketones is 1. The number of halogens is 1. The van der Waals surface area contributed by atoms with Crippen LogP contribution in [0.25, 0.3) is 6.08 Å². The number of hydrogen-bond donors (Lipinski definition) is 0. The molecule has 4 rings (SSSR count). The number of aryl methyl sites for hydroxylation is 3. The van der Waals surface area contributed by atoms with Crippen LogP contribution in [-0.4, -0.2) is 10.8 Å². The Balaban J connectivity index is 1.20. The highest BCUT2D eigenvalue weighted by Gasteiger charge is 2.11. The van der Waals surface area contributed by atoms with Gasteiger partial charge in [0.1, 0.15) is 6.61 Å². The number of ether oxygens (including phenoxy) is 1. The Labute approximate surface area is 195 Å². The molecule has 33 heavy (non-hydrogen) atoms. The summed E-state index contributed by atoms with van der Waals surface area (Å²) in [4.78, 5) is 17.0. The molecule has 1 aliphatic rings. The lowest BCUT2D eigenvalue weighted by Gasteiger charge is -2.15. The van der Waals surface area contributed by atoms with Gasteiger partial charge in [0, 0.05) is 17.8 Å². The third-order valence-corrected chi connectivity index (χ3v) is 6.00. The van der Waals surface area contributed by atoms with Gasteiger partial charge in [-0.15, -0.1) is 0 Å². The Kier molecular flexibility index (Phi) is 8.02. The molecule has 1 aliphatic carbocycles. The maximum absolute atomic E-state index is 14.3. The highest BCUT2D eigenvalue weighted by atomic mass is 19.1. The molecular formula is C29H30FNO2. The van der Waals surface area contributed by atoms with Crippen LogP contribution in [0.3, 0.4) is 0 Å². The van der Waals surface area contributed by atoms with E-state index < -0.39 is 5.82 Å². The maximum atomic E-state index is 14.3. The van der Waals surface area contributed by atoms with E-state index >= 15 is 0 Å². The van der Waals surface area contributed by atoms with Crippen molar-refractivity contribution in [2.75, 3.05) is 0 Å². The van der Waals surface area contributed by atoms with Crippen LogP contribution < -0.4 is 4.74 Å². The van der Waals surface area contributed by atoms with Gasteiger partial charge in [-0.05, 0) is 85.9 Å². The van der Waals surface area contributed by atoms with Gasteiger partial charge in [-0.2, -0.15) is 0 Å². The largest absolute Gasteiger partial charge is 0.486 e. The first kappa shape index (κ1) is 22.9. The lowest BCUT2D eigenvalue weighted by Crippen LogP contribution is -2.07. The molecule has 0 N–H and O–H groups in total. The van der Waals surface area contributed by atoms with E-state index in [1.54, 1.807) is 18.2 Å². The topological polar surface area (TPSA) is 39.2 Å². The summed E-state index contributed by atoms with van der Waals surface area (Å²) in [6, 6.07) is 18.8. The van der Waals surface area contributed by atoms with Gasteiger partial charge in [0.05, 0.1) is 0 Å². The Bertz CT molecular complexity index is 1110. The molecule has 3 nitrogen and oxygen atoms in total. The Hall–Kier alpha value is -3.27. The van der Waals surface area contributed by atoms with Gasteiger partial charge < -0.3 is 4.74 Å². The second kappa shape index (κ2) is 11.6. The molecule has 170 valence electrons. The number of unbranched alkanes of at least 4 members (excludes halogenated alkanes) is 1. The zero-order chi connectivity index (χ0) is 22.9. The number of rotatable bonds is 10. The zero-order valence-electron chi connectivity index (χ0n) is 18.9. The Morgan fingerprint density at radius 2 is 1.85 bits per heavy atom. The first-order valence-corrected chi connectivity index (χ1v) is 11.8. The lowest BCUT2D eigenvalue weighted by atomic mass is 9.95. The van der Waals surface area contributed by atoms with Crippen LogP contribution in [0.4, 0.5) is 4.39 Å². The molecule has 0 saturated heterocycles. The minimum absolute atomic E-state index is 0.0539. The SMILES string of the molecule is O=C(/C=C/c1ccc(OCc2ccccc2)c(F)c1)CCCCc1ccc2c(n1)CCCC2. The van der Waals surface area contributed by atoms with E-state index in [9.17, 15) is 9.18 Å². The van der Waals surface area contributed by atoms with Gasteiger partial charge >= 0.3 is 0 Å². The van der Waals surface area contributed by atoms with E-state index in [4.69, 9.17) is 9.72 Å². The number of carbonyl (C=O) groups is 1. The Morgan fingerprint density at radius 1 is 1.00 bits per heavy atom. The van der Waals surface area contributed by atoms with E-state index in [1.165, 1.54) is 36.2 Å². The van der Waals surface area contributed by atoms with Crippen molar-refractivity contribution in [2.45, 2.75) is 58.0 Å². The zero-order valence-corrected chi connectivity index (χ0v) is 18.9. The summed E-state index contributed by atoms with van der Waals surface area (Å²) in [5.74, 6) is -0.172. The third-order valence-electron chi connectivity index (χ3n) is 6.00. The van der Waals surface area contributed by atoms with Crippen LogP contribution in [0.1, 0.15) is 60.2 Å². The molecular weight excluding hydrogens is 413 g/mol. The van der Waals surface area contributed by atoms with E-state index in [1.807, 2.05) is 30.3 Å². The Morgan fingerprint density at radius 3 is 2.70 bits per heavy atom. The van der Waals surface area contributed by atoms with Gasteiger partial charge in [-0.3, -0.25) is 9.78 Å². The molecule has 0 bridgehead atoms. The second-order valence-corrected chi connectivity index (χ2v) is 8.59. The van der Waals surface area contributed by atoms with Gasteiger partial charge in [-0.1, -0.05) is 48.5 Å². The summed E-state index contributed by atoms with van der Waals surface area (Å²) in [7, 11) is 0. The van der Waals surface area contributed by atoms with Crippen LogP contribution in [-0.2, 0) is 30.7 Å². The monoisotopic (exact) mass is 443 g/mol. The summed E-state index contributed by atoms with van der Waals surface area (Å²) in [5.41, 5.74) is 5.42. The van der Waals surface area contributed by atoms with Crippen LogP contribution in [0.5, 0.6) is 5.75 Å². The van der Waals surface area contributed by atoms with E-state index in [0.717, 1.165) is 43.4 Å². The van der Waals surface area contributed by atoms with Crippen LogP contribution in [0.15, 0.2) is 66.7 Å². The number of fused-ring (bicyclic) bond motifs is 1. The van der Waals surface area contributed by atoms with Crippen molar-refractivity contribution in [1.82, 2.24) is 4.98 Å². The average Bonchev–Trinajstić information content (AvgIpc) is 2.85. The van der Waals surface area contributed by atoms with Crippen molar-refractivity contribution in [1.29, 1.82) is 0 Å². The summed E-state index contributed by atoms with van der Waals surface area (Å²) in [6.45, 7) is 0.312. The fourth-order valence-electron chi connectivity index (χ4n) is 4.12. The predicted molar refractivity (Wildman–Crippen MR) is 130 cm³/mol.